The number of hydrogen-bond acceptors (Lipinski definition) is 2. The van der Waals surface area contributed by atoms with Crippen LogP contribution in [0, 0.1) is 11.8 Å². The van der Waals surface area contributed by atoms with E-state index < -0.39 is 0 Å². The number of nitrogens with one attached hydrogen (secondary N) is 1. The van der Waals surface area contributed by atoms with Gasteiger partial charge >= 0.3 is 0 Å². The lowest BCUT2D eigenvalue weighted by molar-refractivity contribution is -0.119. The highest BCUT2D eigenvalue weighted by Gasteiger charge is 2.39. The van der Waals surface area contributed by atoms with Crippen molar-refractivity contribution >= 4 is 29.3 Å². The third-order valence-corrected chi connectivity index (χ3v) is 5.71. The van der Waals surface area contributed by atoms with Crippen molar-refractivity contribution < 1.29 is 4.79 Å². The monoisotopic (exact) mass is 309 g/mol. The first-order valence-electron chi connectivity index (χ1n) is 7.32. The van der Waals surface area contributed by atoms with Crippen LogP contribution in [0.25, 0.3) is 0 Å². The van der Waals surface area contributed by atoms with Crippen molar-refractivity contribution in [2.24, 2.45) is 11.8 Å². The van der Waals surface area contributed by atoms with Crippen LogP contribution < -0.4 is 5.32 Å². The van der Waals surface area contributed by atoms with Crippen molar-refractivity contribution in [2.75, 3.05) is 5.75 Å². The molecule has 1 aromatic carbocycles. The zero-order valence-electron chi connectivity index (χ0n) is 11.5. The Morgan fingerprint density at radius 2 is 2.25 bits per heavy atom. The highest BCUT2D eigenvalue weighted by atomic mass is 35.5. The highest BCUT2D eigenvalue weighted by molar-refractivity contribution is 7.99. The number of carbonyl (C=O) groups is 1. The van der Waals surface area contributed by atoms with Gasteiger partial charge in [-0.05, 0) is 48.8 Å². The molecule has 2 fully saturated rings. The van der Waals surface area contributed by atoms with E-state index in [0.717, 1.165) is 22.6 Å². The first kappa shape index (κ1) is 14.3. The summed E-state index contributed by atoms with van der Waals surface area (Å²) in [5, 5.41) is 3.98. The van der Waals surface area contributed by atoms with E-state index in [1.807, 2.05) is 24.3 Å². The van der Waals surface area contributed by atoms with Crippen molar-refractivity contribution in [1.82, 2.24) is 5.32 Å². The van der Waals surface area contributed by atoms with E-state index in [2.05, 4.69) is 5.32 Å². The van der Waals surface area contributed by atoms with Crippen LogP contribution in [0.15, 0.2) is 24.3 Å². The van der Waals surface area contributed by atoms with E-state index >= 15 is 0 Å². The maximum absolute atomic E-state index is 12.0. The second-order valence-corrected chi connectivity index (χ2v) is 7.39. The molecule has 2 nitrogen and oxygen atoms in total. The molecule has 1 amide bonds. The molecule has 3 rings (SSSR count). The van der Waals surface area contributed by atoms with Crippen LogP contribution in [-0.4, -0.2) is 17.7 Å². The van der Waals surface area contributed by atoms with Crippen LogP contribution in [0.2, 0.25) is 5.02 Å². The SMILES string of the molecule is O=C(CSCc1cccc(Cl)c1)N[C@H]1C[C@H]2CC[C@H]1C2. The second-order valence-electron chi connectivity index (χ2n) is 5.97. The number of benzene rings is 1. The molecule has 20 heavy (non-hydrogen) atoms. The van der Waals surface area contributed by atoms with Gasteiger partial charge in [-0.1, -0.05) is 30.2 Å². The summed E-state index contributed by atoms with van der Waals surface area (Å²) in [6, 6.07) is 8.29. The maximum atomic E-state index is 12.0. The molecule has 3 atom stereocenters. The van der Waals surface area contributed by atoms with Gasteiger partial charge in [-0.2, -0.15) is 0 Å². The summed E-state index contributed by atoms with van der Waals surface area (Å²) in [7, 11) is 0. The molecule has 0 radical (unpaired) electrons. The van der Waals surface area contributed by atoms with Gasteiger partial charge in [0.1, 0.15) is 0 Å². The lowest BCUT2D eigenvalue weighted by Gasteiger charge is -2.22. The van der Waals surface area contributed by atoms with Crippen LogP contribution in [0.3, 0.4) is 0 Å². The second kappa shape index (κ2) is 6.40. The average Bonchev–Trinajstić information content (AvgIpc) is 3.01. The molecule has 0 spiro atoms. The summed E-state index contributed by atoms with van der Waals surface area (Å²) in [5.41, 5.74) is 1.18. The maximum Gasteiger partial charge on any atom is 0.230 e. The molecule has 1 aromatic rings. The fourth-order valence-corrected chi connectivity index (χ4v) is 4.56. The van der Waals surface area contributed by atoms with Crippen LogP contribution in [0.4, 0.5) is 0 Å². The third kappa shape index (κ3) is 3.50. The molecular formula is C16H20ClNOS. The number of carbonyl (C=O) groups excluding carboxylic acids is 1. The first-order valence-corrected chi connectivity index (χ1v) is 8.85. The Kier molecular flexibility index (Phi) is 4.57. The largest absolute Gasteiger partial charge is 0.352 e. The minimum atomic E-state index is 0.189. The normalized spacial score (nSPS) is 27.8. The number of rotatable bonds is 5. The molecule has 1 N–H and O–H groups in total. The standard InChI is InChI=1S/C16H20ClNOS/c17-14-3-1-2-12(7-14)9-20-10-16(19)18-15-8-11-4-5-13(15)6-11/h1-3,7,11,13,15H,4-6,8-10H2,(H,18,19)/t11-,13-,15-/m0/s1. The van der Waals surface area contributed by atoms with E-state index in [-0.39, 0.29) is 5.91 Å². The highest BCUT2D eigenvalue weighted by Crippen LogP contribution is 2.44. The van der Waals surface area contributed by atoms with Gasteiger partial charge in [0.25, 0.3) is 0 Å². The summed E-state index contributed by atoms with van der Waals surface area (Å²) in [6.45, 7) is 0. The minimum Gasteiger partial charge on any atom is -0.352 e. The minimum absolute atomic E-state index is 0.189. The zero-order chi connectivity index (χ0) is 13.9. The van der Waals surface area contributed by atoms with E-state index in [4.69, 9.17) is 11.6 Å². The Balaban J connectivity index is 1.39. The quantitative estimate of drug-likeness (QED) is 0.894. The van der Waals surface area contributed by atoms with E-state index in [0.29, 0.717) is 11.8 Å². The van der Waals surface area contributed by atoms with Crippen LogP contribution in [0.5, 0.6) is 0 Å². The lowest BCUT2D eigenvalue weighted by Crippen LogP contribution is -2.39. The van der Waals surface area contributed by atoms with Gasteiger partial charge in [-0.3, -0.25) is 4.79 Å². The van der Waals surface area contributed by atoms with Crippen LogP contribution >= 0.6 is 23.4 Å². The fourth-order valence-electron chi connectivity index (χ4n) is 3.56. The van der Waals surface area contributed by atoms with Gasteiger partial charge < -0.3 is 5.32 Å². The Morgan fingerprint density at radius 1 is 1.35 bits per heavy atom. The molecule has 0 heterocycles. The molecule has 2 saturated carbocycles. The average molecular weight is 310 g/mol. The van der Waals surface area contributed by atoms with Crippen molar-refractivity contribution in [2.45, 2.75) is 37.5 Å². The molecule has 2 bridgehead atoms. The van der Waals surface area contributed by atoms with Crippen molar-refractivity contribution in [3.05, 3.63) is 34.9 Å². The summed E-state index contributed by atoms with van der Waals surface area (Å²) in [6.07, 6.45) is 5.22. The van der Waals surface area contributed by atoms with Crippen molar-refractivity contribution in [3.63, 3.8) is 0 Å². The molecule has 2 aliphatic carbocycles. The van der Waals surface area contributed by atoms with E-state index in [1.54, 1.807) is 11.8 Å². The smallest absolute Gasteiger partial charge is 0.230 e. The van der Waals surface area contributed by atoms with Gasteiger partial charge in [0, 0.05) is 16.8 Å². The summed E-state index contributed by atoms with van der Waals surface area (Å²) >= 11 is 7.60. The number of thioether (sulfide) groups is 1. The molecular weight excluding hydrogens is 290 g/mol. The van der Waals surface area contributed by atoms with Crippen molar-refractivity contribution in [1.29, 1.82) is 0 Å². The Hall–Kier alpha value is -0.670. The first-order chi connectivity index (χ1) is 9.70. The van der Waals surface area contributed by atoms with Crippen LogP contribution in [0.1, 0.15) is 31.2 Å². The fraction of sp³-hybridized carbons (Fsp3) is 0.562. The number of fused-ring (bicyclic) bond motifs is 2. The number of hydrogen-bond donors (Lipinski definition) is 1. The predicted molar refractivity (Wildman–Crippen MR) is 85.0 cm³/mol. The van der Waals surface area contributed by atoms with Gasteiger partial charge in [0.2, 0.25) is 5.91 Å². The van der Waals surface area contributed by atoms with Gasteiger partial charge in [-0.15, -0.1) is 11.8 Å². The molecule has 0 aliphatic heterocycles. The van der Waals surface area contributed by atoms with Gasteiger partial charge in [0.05, 0.1) is 5.75 Å². The third-order valence-electron chi connectivity index (χ3n) is 4.48. The van der Waals surface area contributed by atoms with Gasteiger partial charge in [0.15, 0.2) is 0 Å². The number of amides is 1. The Labute approximate surface area is 129 Å². The molecule has 108 valence electrons. The molecule has 0 aromatic heterocycles. The van der Waals surface area contributed by atoms with E-state index in [9.17, 15) is 4.79 Å². The molecule has 0 unspecified atom stereocenters. The summed E-state index contributed by atoms with van der Waals surface area (Å²) in [4.78, 5) is 12.0. The van der Waals surface area contributed by atoms with Gasteiger partial charge in [-0.25, -0.2) is 0 Å². The molecule has 0 saturated heterocycles. The molecule has 4 heteroatoms. The number of halogens is 1. The Bertz CT molecular complexity index is 493. The summed E-state index contributed by atoms with van der Waals surface area (Å²) < 4.78 is 0. The van der Waals surface area contributed by atoms with E-state index in [1.165, 1.54) is 31.2 Å². The predicted octanol–water partition coefficient (Wildman–Crippen LogP) is 3.88. The Morgan fingerprint density at radius 3 is 2.95 bits per heavy atom. The van der Waals surface area contributed by atoms with Crippen LogP contribution in [-0.2, 0) is 10.5 Å². The topological polar surface area (TPSA) is 29.1 Å². The molecule has 2 aliphatic rings. The zero-order valence-corrected chi connectivity index (χ0v) is 13.1. The van der Waals surface area contributed by atoms with Crippen molar-refractivity contribution in [3.8, 4) is 0 Å². The summed E-state index contributed by atoms with van der Waals surface area (Å²) in [5.74, 6) is 3.20. The lowest BCUT2D eigenvalue weighted by atomic mass is 9.95.